The van der Waals surface area contributed by atoms with Crippen LogP contribution in [0.3, 0.4) is 0 Å². The minimum Gasteiger partial charge on any atom is -0.467 e. The first-order chi connectivity index (χ1) is 14.0. The topological polar surface area (TPSA) is 165 Å². The average molecular weight is 458 g/mol. The van der Waals surface area contributed by atoms with Crippen molar-refractivity contribution in [2.45, 2.75) is 17.0 Å². The number of hydrogen-bond acceptors (Lipinski definition) is 9. The molecule has 0 aliphatic carbocycles. The molecule has 13 nitrogen and oxygen atoms in total. The first-order valence-electron chi connectivity index (χ1n) is 8.29. The van der Waals surface area contributed by atoms with E-state index in [0.717, 1.165) is 18.2 Å². The third-order valence-corrected chi connectivity index (χ3v) is 6.55. The smallest absolute Gasteiger partial charge is 0.418 e. The van der Waals surface area contributed by atoms with Gasteiger partial charge in [0.05, 0.1) is 18.6 Å². The number of esters is 1. The Labute approximate surface area is 170 Å². The Bertz CT molecular complexity index is 1240. The Morgan fingerprint density at radius 3 is 2.47 bits per heavy atom. The van der Waals surface area contributed by atoms with E-state index >= 15 is 0 Å². The lowest BCUT2D eigenvalue weighted by Gasteiger charge is -2.27. The Hall–Kier alpha value is -3.01. The highest BCUT2D eigenvalue weighted by Crippen LogP contribution is 2.44. The molecule has 2 aromatic rings. The van der Waals surface area contributed by atoms with Gasteiger partial charge in [-0.3, -0.25) is 4.55 Å². The van der Waals surface area contributed by atoms with Gasteiger partial charge in [-0.2, -0.15) is 31.1 Å². The van der Waals surface area contributed by atoms with E-state index in [1.54, 1.807) is 6.07 Å². The molecular weight excluding hydrogens is 444 g/mol. The second-order valence-electron chi connectivity index (χ2n) is 6.36. The Morgan fingerprint density at radius 1 is 1.20 bits per heavy atom. The minimum absolute atomic E-state index is 0.0515. The zero-order valence-corrected chi connectivity index (χ0v) is 16.8. The average Bonchev–Trinajstić information content (AvgIpc) is 3.25. The number of methoxy groups -OCH3 is 1. The summed E-state index contributed by atoms with van der Waals surface area (Å²) in [5.41, 5.74) is -0.0666. The number of hydrogen-bond donors (Lipinski definition) is 1. The Kier molecular flexibility index (Phi) is 4.57. The van der Waals surface area contributed by atoms with E-state index in [1.807, 2.05) is 0 Å². The van der Waals surface area contributed by atoms with Gasteiger partial charge >= 0.3 is 22.4 Å². The molecule has 160 valence electrons. The van der Waals surface area contributed by atoms with Crippen molar-refractivity contribution in [3.63, 3.8) is 0 Å². The number of fused-ring (bicyclic) bond motifs is 4. The number of aromatic nitrogens is 2. The molecule has 0 radical (unpaired) electrons. The third kappa shape index (κ3) is 3.11. The number of amides is 2. The second-order valence-corrected chi connectivity index (χ2v) is 9.17. The predicted molar refractivity (Wildman–Crippen MR) is 95.3 cm³/mol. The monoisotopic (exact) mass is 458 g/mol. The van der Waals surface area contributed by atoms with Gasteiger partial charge in [-0.15, -0.1) is 4.28 Å². The molecule has 1 N–H and O–H groups in total. The molecule has 2 unspecified atom stereocenters. The molecule has 15 heteroatoms. The standard InChI is InChI=1S/C15H14N4O9S2/c1-27-14(20)13-12-10(11-8-17(13)15(21)19(11)28-30(24,25)26)7-18(16-12)29(22,23)9-5-3-2-4-6-9/h2-7,11,13H,8H2,1H3,(H,24,25,26). The molecular formula is C15H14N4O9S2. The van der Waals surface area contributed by atoms with E-state index in [1.165, 1.54) is 24.3 Å². The van der Waals surface area contributed by atoms with Gasteiger partial charge in [0.15, 0.2) is 6.04 Å². The number of benzene rings is 1. The zero-order chi connectivity index (χ0) is 21.8. The fraction of sp³-hybridized carbons (Fsp3) is 0.267. The quantitative estimate of drug-likeness (QED) is 0.471. The summed E-state index contributed by atoms with van der Waals surface area (Å²) in [4.78, 5) is 25.7. The van der Waals surface area contributed by atoms with E-state index in [0.29, 0.717) is 9.15 Å². The van der Waals surface area contributed by atoms with Crippen LogP contribution in [0.15, 0.2) is 41.4 Å². The predicted octanol–water partition coefficient (Wildman–Crippen LogP) is -0.139. The molecule has 4 rings (SSSR count). The van der Waals surface area contributed by atoms with Crippen molar-refractivity contribution in [3.05, 3.63) is 47.8 Å². The highest BCUT2D eigenvalue weighted by molar-refractivity contribution is 7.89. The van der Waals surface area contributed by atoms with Crippen molar-refractivity contribution < 1.29 is 40.0 Å². The lowest BCUT2D eigenvalue weighted by molar-refractivity contribution is -0.146. The Morgan fingerprint density at radius 2 is 1.87 bits per heavy atom. The summed E-state index contributed by atoms with van der Waals surface area (Å²) >= 11 is 0. The van der Waals surface area contributed by atoms with Crippen LogP contribution < -0.4 is 0 Å². The number of ether oxygens (including phenoxy) is 1. The van der Waals surface area contributed by atoms with Crippen molar-refractivity contribution in [2.75, 3.05) is 13.7 Å². The fourth-order valence-corrected chi connectivity index (χ4v) is 4.93. The largest absolute Gasteiger partial charge is 0.467 e. The molecule has 2 bridgehead atoms. The maximum Gasteiger partial charge on any atom is 0.418 e. The van der Waals surface area contributed by atoms with Gasteiger partial charge in [0.2, 0.25) is 0 Å². The maximum absolute atomic E-state index is 12.9. The van der Waals surface area contributed by atoms with Crippen LogP contribution in [0, 0.1) is 0 Å². The number of urea groups is 1. The normalized spacial score (nSPS) is 20.9. The number of carbonyl (C=O) groups is 2. The molecule has 0 spiro atoms. The second kappa shape index (κ2) is 6.76. The van der Waals surface area contributed by atoms with Crippen LogP contribution in [0.1, 0.15) is 23.3 Å². The molecule has 2 aliphatic heterocycles. The molecule has 1 aromatic heterocycles. The molecule has 1 saturated heterocycles. The van der Waals surface area contributed by atoms with Crippen molar-refractivity contribution in [1.29, 1.82) is 0 Å². The molecule has 2 amide bonds. The molecule has 1 fully saturated rings. The van der Waals surface area contributed by atoms with Gasteiger partial charge in [-0.25, -0.2) is 9.59 Å². The zero-order valence-electron chi connectivity index (χ0n) is 15.1. The summed E-state index contributed by atoms with van der Waals surface area (Å²) in [6.45, 7) is -0.224. The van der Waals surface area contributed by atoms with Crippen LogP contribution >= 0.6 is 0 Å². The van der Waals surface area contributed by atoms with E-state index in [4.69, 9.17) is 9.29 Å². The van der Waals surface area contributed by atoms with Gasteiger partial charge in [0.25, 0.3) is 10.0 Å². The van der Waals surface area contributed by atoms with Crippen LogP contribution in [0.25, 0.3) is 0 Å². The van der Waals surface area contributed by atoms with Gasteiger partial charge in [0, 0.05) is 11.8 Å². The number of carbonyl (C=O) groups excluding carboxylic acids is 2. The van der Waals surface area contributed by atoms with Crippen LogP contribution in [-0.2, 0) is 34.2 Å². The fourth-order valence-electron chi connectivity index (χ4n) is 3.39. The maximum atomic E-state index is 12.9. The number of hydroxylamine groups is 2. The number of rotatable bonds is 5. The highest BCUT2D eigenvalue weighted by Gasteiger charge is 2.54. The molecule has 3 heterocycles. The summed E-state index contributed by atoms with van der Waals surface area (Å²) in [6.07, 6.45) is 1.06. The van der Waals surface area contributed by atoms with Crippen molar-refractivity contribution in [2.24, 2.45) is 0 Å². The van der Waals surface area contributed by atoms with Gasteiger partial charge in [-0.1, -0.05) is 18.2 Å². The van der Waals surface area contributed by atoms with Crippen molar-refractivity contribution in [1.82, 2.24) is 19.1 Å². The minimum atomic E-state index is -5.07. The van der Waals surface area contributed by atoms with Crippen LogP contribution in [-0.4, -0.2) is 66.2 Å². The SMILES string of the molecule is COC(=O)C1c2nn(S(=O)(=O)c3ccccc3)cc2C2CN1C(=O)N2OS(=O)(=O)O. The Balaban J connectivity index is 1.86. The first-order valence-corrected chi connectivity index (χ1v) is 11.1. The molecule has 2 aliphatic rings. The lowest BCUT2D eigenvalue weighted by Crippen LogP contribution is -2.39. The first kappa shape index (κ1) is 20.3. The molecule has 0 saturated carbocycles. The van der Waals surface area contributed by atoms with Crippen LogP contribution in [0.4, 0.5) is 4.79 Å². The third-order valence-electron chi connectivity index (χ3n) is 4.65. The summed E-state index contributed by atoms with van der Waals surface area (Å²) < 4.78 is 66.8. The van der Waals surface area contributed by atoms with E-state index in [-0.39, 0.29) is 22.7 Å². The van der Waals surface area contributed by atoms with Crippen LogP contribution in [0.5, 0.6) is 0 Å². The summed E-state index contributed by atoms with van der Waals surface area (Å²) in [5.74, 6) is -0.917. The van der Waals surface area contributed by atoms with Gasteiger partial charge < -0.3 is 9.64 Å². The van der Waals surface area contributed by atoms with Gasteiger partial charge in [0.1, 0.15) is 11.7 Å². The lowest BCUT2D eigenvalue weighted by atomic mass is 9.98. The van der Waals surface area contributed by atoms with E-state index < -0.39 is 44.5 Å². The van der Waals surface area contributed by atoms with E-state index in [9.17, 15) is 26.4 Å². The molecule has 2 atom stereocenters. The summed E-state index contributed by atoms with van der Waals surface area (Å²) in [6, 6.07) is 3.74. The molecule has 1 aromatic carbocycles. The summed E-state index contributed by atoms with van der Waals surface area (Å²) in [5, 5.41) is 4.34. The van der Waals surface area contributed by atoms with E-state index in [2.05, 4.69) is 9.38 Å². The molecule has 30 heavy (non-hydrogen) atoms. The number of nitrogens with zero attached hydrogens (tertiary/aromatic N) is 4. The summed E-state index contributed by atoms with van der Waals surface area (Å²) in [7, 11) is -8.15. The highest BCUT2D eigenvalue weighted by atomic mass is 32.3. The van der Waals surface area contributed by atoms with Crippen LogP contribution in [0.2, 0.25) is 0 Å². The van der Waals surface area contributed by atoms with Crippen molar-refractivity contribution in [3.8, 4) is 0 Å². The van der Waals surface area contributed by atoms with Gasteiger partial charge in [-0.05, 0) is 12.1 Å². The van der Waals surface area contributed by atoms with Crippen molar-refractivity contribution >= 4 is 32.4 Å².